The third-order valence-electron chi connectivity index (χ3n) is 4.80. The molecule has 0 saturated carbocycles. The minimum Gasteiger partial charge on any atom is -0.352 e. The monoisotopic (exact) mass is 473 g/mol. The molecule has 0 amide bonds. The molecule has 2 aromatic heterocycles. The average molecular weight is 475 g/mol. The SMILES string of the molecule is C[C@@H]1CN(c2ncccc2Cl)CCN1c1nc2cc(C(F)(F)F)cc(Br)c2[nH]1. The Balaban J connectivity index is 1.61. The van der Waals surface area contributed by atoms with Crippen molar-refractivity contribution in [3.8, 4) is 0 Å². The van der Waals surface area contributed by atoms with Gasteiger partial charge in [-0.25, -0.2) is 9.97 Å². The van der Waals surface area contributed by atoms with Gasteiger partial charge < -0.3 is 14.8 Å². The maximum absolute atomic E-state index is 13.1. The smallest absolute Gasteiger partial charge is 0.352 e. The first-order valence-corrected chi connectivity index (χ1v) is 9.79. The molecule has 1 saturated heterocycles. The van der Waals surface area contributed by atoms with Crippen LogP contribution in [-0.2, 0) is 6.18 Å². The van der Waals surface area contributed by atoms with E-state index in [1.807, 2.05) is 11.8 Å². The van der Waals surface area contributed by atoms with Gasteiger partial charge in [-0.15, -0.1) is 0 Å². The number of benzene rings is 1. The standard InChI is InChI=1S/C18H16BrClF3N5/c1-10-9-27(16-13(20)3-2-4-24-16)5-6-28(10)17-25-14-8-11(18(21,22)23)7-12(19)15(14)26-17/h2-4,7-8,10H,5-6,9H2,1H3,(H,25,26)/t10-/m1/s1. The molecular formula is C18H16BrClF3N5. The molecule has 4 rings (SSSR count). The Labute approximate surface area is 172 Å². The van der Waals surface area contributed by atoms with E-state index in [4.69, 9.17) is 11.6 Å². The van der Waals surface area contributed by atoms with E-state index in [0.717, 1.165) is 18.0 Å². The fourth-order valence-corrected chi connectivity index (χ4v) is 4.22. The molecule has 0 spiro atoms. The van der Waals surface area contributed by atoms with Crippen LogP contribution in [0.1, 0.15) is 12.5 Å². The largest absolute Gasteiger partial charge is 0.416 e. The number of pyridine rings is 1. The number of fused-ring (bicyclic) bond motifs is 1. The van der Waals surface area contributed by atoms with Crippen molar-refractivity contribution in [2.75, 3.05) is 29.4 Å². The molecule has 1 aliphatic rings. The molecule has 0 unspecified atom stereocenters. The molecule has 1 aliphatic heterocycles. The van der Waals surface area contributed by atoms with E-state index in [1.165, 1.54) is 0 Å². The Bertz CT molecular complexity index is 1020. The number of nitrogens with zero attached hydrogens (tertiary/aromatic N) is 4. The lowest BCUT2D eigenvalue weighted by Gasteiger charge is -2.40. The van der Waals surface area contributed by atoms with Crippen LogP contribution in [0, 0.1) is 0 Å². The van der Waals surface area contributed by atoms with Gasteiger partial charge in [-0.1, -0.05) is 11.6 Å². The number of piperazine rings is 1. The van der Waals surface area contributed by atoms with E-state index < -0.39 is 11.7 Å². The summed E-state index contributed by atoms with van der Waals surface area (Å²) in [6, 6.07) is 5.78. The van der Waals surface area contributed by atoms with Crippen LogP contribution in [0.2, 0.25) is 5.02 Å². The van der Waals surface area contributed by atoms with Crippen molar-refractivity contribution in [2.45, 2.75) is 19.1 Å². The Hall–Kier alpha value is -2.00. The van der Waals surface area contributed by atoms with Crippen molar-refractivity contribution >= 4 is 50.3 Å². The van der Waals surface area contributed by atoms with Crippen molar-refractivity contribution in [2.24, 2.45) is 0 Å². The highest BCUT2D eigenvalue weighted by Gasteiger charge is 2.32. The van der Waals surface area contributed by atoms with Crippen molar-refractivity contribution < 1.29 is 13.2 Å². The number of halogens is 5. The number of aromatic amines is 1. The summed E-state index contributed by atoms with van der Waals surface area (Å²) in [5.41, 5.74) is 0.0945. The third kappa shape index (κ3) is 3.53. The van der Waals surface area contributed by atoms with Crippen molar-refractivity contribution in [1.82, 2.24) is 15.0 Å². The van der Waals surface area contributed by atoms with E-state index in [0.29, 0.717) is 40.6 Å². The van der Waals surface area contributed by atoms with Gasteiger partial charge in [-0.05, 0) is 47.1 Å². The number of nitrogens with one attached hydrogen (secondary N) is 1. The van der Waals surface area contributed by atoms with Crippen LogP contribution >= 0.6 is 27.5 Å². The first-order chi connectivity index (χ1) is 13.2. The molecule has 10 heteroatoms. The van der Waals surface area contributed by atoms with Crippen LogP contribution in [-0.4, -0.2) is 40.6 Å². The topological polar surface area (TPSA) is 48.1 Å². The van der Waals surface area contributed by atoms with Gasteiger partial charge >= 0.3 is 6.18 Å². The normalized spacial score (nSPS) is 18.1. The second kappa shape index (κ2) is 7.11. The fraction of sp³-hybridized carbons (Fsp3) is 0.333. The lowest BCUT2D eigenvalue weighted by atomic mass is 10.2. The number of aromatic nitrogens is 3. The summed E-state index contributed by atoms with van der Waals surface area (Å²) in [6.07, 6.45) is -2.72. The maximum Gasteiger partial charge on any atom is 0.416 e. The van der Waals surface area contributed by atoms with Crippen LogP contribution in [0.15, 0.2) is 34.9 Å². The van der Waals surface area contributed by atoms with Crippen LogP contribution in [0.4, 0.5) is 24.9 Å². The van der Waals surface area contributed by atoms with Gasteiger partial charge in [0.2, 0.25) is 5.95 Å². The summed E-state index contributed by atoms with van der Waals surface area (Å²) in [5, 5.41) is 0.593. The van der Waals surface area contributed by atoms with Gasteiger partial charge in [0.05, 0.1) is 21.6 Å². The molecule has 0 radical (unpaired) electrons. The molecule has 28 heavy (non-hydrogen) atoms. The van der Waals surface area contributed by atoms with Crippen molar-refractivity contribution in [1.29, 1.82) is 0 Å². The third-order valence-corrected chi connectivity index (χ3v) is 5.72. The molecular weight excluding hydrogens is 459 g/mol. The van der Waals surface area contributed by atoms with Crippen molar-refractivity contribution in [3.05, 3.63) is 45.5 Å². The number of H-pyrrole nitrogens is 1. The van der Waals surface area contributed by atoms with E-state index >= 15 is 0 Å². The summed E-state index contributed by atoms with van der Waals surface area (Å²) >= 11 is 9.47. The minimum absolute atomic E-state index is 0.0632. The van der Waals surface area contributed by atoms with Crippen molar-refractivity contribution in [3.63, 3.8) is 0 Å². The average Bonchev–Trinajstić information content (AvgIpc) is 3.06. The summed E-state index contributed by atoms with van der Waals surface area (Å²) < 4.78 is 39.5. The first kappa shape index (κ1) is 19.3. The lowest BCUT2D eigenvalue weighted by Crippen LogP contribution is -2.52. The van der Waals surface area contributed by atoms with Crippen LogP contribution in [0.3, 0.4) is 0 Å². The number of hydrogen-bond acceptors (Lipinski definition) is 4. The number of alkyl halides is 3. The molecule has 148 valence electrons. The first-order valence-electron chi connectivity index (χ1n) is 8.62. The van der Waals surface area contributed by atoms with Gasteiger partial charge in [-0.2, -0.15) is 13.2 Å². The van der Waals surface area contributed by atoms with Gasteiger partial charge in [0.25, 0.3) is 0 Å². The van der Waals surface area contributed by atoms with E-state index in [9.17, 15) is 13.2 Å². The zero-order valence-corrected chi connectivity index (χ0v) is 17.1. The predicted molar refractivity (Wildman–Crippen MR) is 107 cm³/mol. The van der Waals surface area contributed by atoms with E-state index in [1.54, 1.807) is 18.3 Å². The molecule has 1 atom stereocenters. The molecule has 1 aromatic carbocycles. The Morgan fingerprint density at radius 2 is 2.07 bits per heavy atom. The molecule has 1 N–H and O–H groups in total. The number of imidazole rings is 1. The maximum atomic E-state index is 13.1. The van der Waals surface area contributed by atoms with E-state index in [2.05, 4.69) is 35.8 Å². The molecule has 5 nitrogen and oxygen atoms in total. The molecule has 3 heterocycles. The summed E-state index contributed by atoms with van der Waals surface area (Å²) in [6.45, 7) is 4.01. The van der Waals surface area contributed by atoms with Crippen LogP contribution in [0.5, 0.6) is 0 Å². The van der Waals surface area contributed by atoms with Gasteiger partial charge in [0, 0.05) is 36.3 Å². The fourth-order valence-electron chi connectivity index (χ4n) is 3.43. The molecule has 0 aliphatic carbocycles. The summed E-state index contributed by atoms with van der Waals surface area (Å²) in [4.78, 5) is 16.1. The van der Waals surface area contributed by atoms with Crippen LogP contribution < -0.4 is 9.80 Å². The molecule has 3 aromatic rings. The highest BCUT2D eigenvalue weighted by molar-refractivity contribution is 9.10. The zero-order valence-electron chi connectivity index (χ0n) is 14.8. The quantitative estimate of drug-likeness (QED) is 0.561. The van der Waals surface area contributed by atoms with Gasteiger partial charge in [0.1, 0.15) is 5.82 Å². The Morgan fingerprint density at radius 1 is 1.29 bits per heavy atom. The molecule has 1 fully saturated rings. The Kier molecular flexibility index (Phi) is 4.91. The van der Waals surface area contributed by atoms with E-state index in [-0.39, 0.29) is 11.6 Å². The highest BCUT2D eigenvalue weighted by atomic mass is 79.9. The lowest BCUT2D eigenvalue weighted by molar-refractivity contribution is -0.137. The number of anilines is 2. The van der Waals surface area contributed by atoms with Crippen LogP contribution in [0.25, 0.3) is 11.0 Å². The molecule has 0 bridgehead atoms. The predicted octanol–water partition coefficient (Wildman–Crippen LogP) is 5.11. The second-order valence-electron chi connectivity index (χ2n) is 6.71. The van der Waals surface area contributed by atoms with Gasteiger partial charge in [0.15, 0.2) is 0 Å². The number of hydrogen-bond donors (Lipinski definition) is 1. The minimum atomic E-state index is -4.42. The summed E-state index contributed by atoms with van der Waals surface area (Å²) in [5.74, 6) is 1.28. The zero-order chi connectivity index (χ0) is 20.1. The van der Waals surface area contributed by atoms with Gasteiger partial charge in [-0.3, -0.25) is 0 Å². The number of rotatable bonds is 2. The Morgan fingerprint density at radius 3 is 2.75 bits per heavy atom. The second-order valence-corrected chi connectivity index (χ2v) is 7.97. The summed E-state index contributed by atoms with van der Waals surface area (Å²) in [7, 11) is 0. The highest BCUT2D eigenvalue weighted by Crippen LogP contribution is 2.36.